The molecule has 3 heterocycles. The Kier molecular flexibility index (Phi) is 5.71. The predicted octanol–water partition coefficient (Wildman–Crippen LogP) is 0.834. The average molecular weight is 556 g/mol. The standard InChI is InChI=1S/C20H14F2IN4O3S/c1-23-30-18(28)16-6-5-15(31-16)13-3-7-17(24)27(26-13)19(25)20(21,22)12-2-4-14-11(10-12)8-9-29-14/h2-10,24-25H,1H3/q-1/p+1. The van der Waals surface area contributed by atoms with Gasteiger partial charge in [0.2, 0.25) is 0 Å². The van der Waals surface area contributed by atoms with Gasteiger partial charge < -0.3 is 4.42 Å². The number of halogens is 3. The summed E-state index contributed by atoms with van der Waals surface area (Å²) < 4.78 is 41.3. The van der Waals surface area contributed by atoms with E-state index in [9.17, 15) is 4.79 Å². The molecule has 0 atom stereocenters. The molecule has 7 nitrogen and oxygen atoms in total. The number of hydrogen-bond donors (Lipinski definition) is 2. The van der Waals surface area contributed by atoms with E-state index in [2.05, 4.69) is 5.10 Å². The van der Waals surface area contributed by atoms with Crippen LogP contribution >= 0.6 is 11.3 Å². The van der Waals surface area contributed by atoms with Crippen LogP contribution in [-0.4, -0.2) is 21.8 Å². The Morgan fingerprint density at radius 3 is 2.84 bits per heavy atom. The Morgan fingerprint density at radius 2 is 2.06 bits per heavy atom. The van der Waals surface area contributed by atoms with Crippen molar-refractivity contribution in [3.05, 3.63) is 65.2 Å². The van der Waals surface area contributed by atoms with Crippen molar-refractivity contribution in [2.75, 3.05) is 10.7 Å². The number of alkyl halides is 3. The molecule has 0 saturated carbocycles. The molecule has 31 heavy (non-hydrogen) atoms. The third kappa shape index (κ3) is 4.02. The minimum absolute atomic E-state index is 0.121. The van der Waals surface area contributed by atoms with Crippen molar-refractivity contribution in [1.82, 2.24) is 5.10 Å². The Balaban J connectivity index is 1.69. The van der Waals surface area contributed by atoms with Gasteiger partial charge in [-0.1, -0.05) is 0 Å². The van der Waals surface area contributed by atoms with E-state index in [1.165, 1.54) is 30.5 Å². The number of anilines is 1. The summed E-state index contributed by atoms with van der Waals surface area (Å²) in [6, 6.07) is 11.6. The van der Waals surface area contributed by atoms with Crippen molar-refractivity contribution < 1.29 is 47.4 Å². The zero-order valence-electron chi connectivity index (χ0n) is 15.9. The number of carbonyl (C=O) groups is 1. The molecular weight excluding hydrogens is 541 g/mol. The summed E-state index contributed by atoms with van der Waals surface area (Å²) in [5.74, 6) is -5.31. The van der Waals surface area contributed by atoms with Crippen molar-refractivity contribution in [3.8, 4) is 10.6 Å². The molecule has 0 aliphatic rings. The summed E-state index contributed by atoms with van der Waals surface area (Å²) in [6.45, 7) is 0. The number of nitrogens with zero attached hydrogens (tertiary/aromatic N) is 2. The second-order valence-electron chi connectivity index (χ2n) is 6.33. The van der Waals surface area contributed by atoms with Gasteiger partial charge in [0.25, 0.3) is 0 Å². The predicted molar refractivity (Wildman–Crippen MR) is 107 cm³/mol. The first-order chi connectivity index (χ1) is 14.8. The molecular formula is C20H15F2IN4O3S. The third-order valence-electron chi connectivity index (χ3n) is 4.40. The number of carbonyl (C=O) groups excluding carboxylic acids is 1. The molecule has 0 amide bonds. The zero-order valence-corrected chi connectivity index (χ0v) is 18.9. The van der Waals surface area contributed by atoms with Gasteiger partial charge in [0.15, 0.2) is 0 Å². The van der Waals surface area contributed by atoms with Crippen molar-refractivity contribution in [3.63, 3.8) is 0 Å². The number of rotatable bonds is 5. The van der Waals surface area contributed by atoms with Crippen LogP contribution in [0, 0.1) is 5.41 Å². The second-order valence-corrected chi connectivity index (χ2v) is 8.74. The molecule has 0 aliphatic heterocycles. The number of nitrogens with two attached hydrogens (primary N) is 1. The number of furan rings is 1. The van der Waals surface area contributed by atoms with E-state index >= 15 is 8.78 Å². The number of nitrogen functional groups attached to an aromatic ring is 1. The van der Waals surface area contributed by atoms with Gasteiger partial charge in [-0.2, -0.15) is 0 Å². The van der Waals surface area contributed by atoms with E-state index in [4.69, 9.17) is 18.6 Å². The maximum atomic E-state index is 15.2. The Labute approximate surface area is 189 Å². The summed E-state index contributed by atoms with van der Waals surface area (Å²) in [6.07, 6.45) is 1.41. The van der Waals surface area contributed by atoms with Crippen LogP contribution in [0.3, 0.4) is 0 Å². The van der Waals surface area contributed by atoms with Crippen LogP contribution in [0.4, 0.5) is 14.6 Å². The van der Waals surface area contributed by atoms with Gasteiger partial charge in [-0.15, -0.1) is 0 Å². The molecule has 3 N–H and O–H groups in total. The van der Waals surface area contributed by atoms with Crippen LogP contribution in [-0.2, 0) is 8.99 Å². The summed E-state index contributed by atoms with van der Waals surface area (Å²) in [4.78, 5) is 14.7. The fourth-order valence-corrected chi connectivity index (χ4v) is 4.50. The Morgan fingerprint density at radius 1 is 1.26 bits per heavy atom. The van der Waals surface area contributed by atoms with E-state index in [-0.39, 0.29) is 11.4 Å². The van der Waals surface area contributed by atoms with E-state index in [1.807, 2.05) is 4.93 Å². The van der Waals surface area contributed by atoms with Crippen LogP contribution in [0.15, 0.2) is 59.2 Å². The first-order valence-electron chi connectivity index (χ1n) is 8.76. The van der Waals surface area contributed by atoms with Crippen molar-refractivity contribution in [2.45, 2.75) is 5.92 Å². The number of fused-ring (bicyclic) bond motifs is 1. The average Bonchev–Trinajstić information content (AvgIpc) is 3.43. The quantitative estimate of drug-likeness (QED) is 0.125. The molecule has 0 fully saturated rings. The normalized spacial score (nSPS) is 11.7. The van der Waals surface area contributed by atoms with E-state index in [0.717, 1.165) is 11.3 Å². The number of benzene rings is 1. The number of thiophene rings is 1. The molecule has 0 unspecified atom stereocenters. The van der Waals surface area contributed by atoms with E-state index in [1.54, 1.807) is 24.3 Å². The van der Waals surface area contributed by atoms with Crippen LogP contribution in [0.2, 0.25) is 0 Å². The first kappa shape index (κ1) is 21.3. The first-order valence-corrected chi connectivity index (χ1v) is 12.6. The number of aromatic nitrogens is 2. The maximum absolute atomic E-state index is 15.2. The molecule has 4 aromatic rings. The fourth-order valence-electron chi connectivity index (χ4n) is 2.87. The van der Waals surface area contributed by atoms with Gasteiger partial charge in [0.05, 0.1) is 6.26 Å². The van der Waals surface area contributed by atoms with Gasteiger partial charge in [-0.3, -0.25) is 0 Å². The van der Waals surface area contributed by atoms with Crippen LogP contribution in [0.1, 0.15) is 15.2 Å². The third-order valence-corrected chi connectivity index (χ3v) is 6.32. The van der Waals surface area contributed by atoms with Crippen LogP contribution in [0.25, 0.3) is 21.5 Å². The van der Waals surface area contributed by atoms with Gasteiger partial charge in [-0.05, 0) is 12.1 Å². The molecule has 0 spiro atoms. The minimum atomic E-state index is -3.66. The molecule has 3 aromatic heterocycles. The fraction of sp³-hybridized carbons (Fsp3) is 0.100. The molecule has 11 heteroatoms. The molecule has 160 valence electrons. The molecule has 0 bridgehead atoms. The molecule has 0 radical (unpaired) electrons. The van der Waals surface area contributed by atoms with Crippen molar-refractivity contribution in [2.24, 2.45) is 0 Å². The number of hydrogen-bond acceptors (Lipinski definition) is 7. The molecule has 4 rings (SSSR count). The van der Waals surface area contributed by atoms with Gasteiger partial charge in [-0.25, -0.2) is 0 Å². The number of nitrogens with one attached hydrogen (secondary N) is 1. The Hall–Kier alpha value is -2.93. The van der Waals surface area contributed by atoms with Gasteiger partial charge in [0, 0.05) is 5.39 Å². The van der Waals surface area contributed by atoms with Crippen molar-refractivity contribution >= 4 is 39.9 Å². The summed E-state index contributed by atoms with van der Waals surface area (Å²) in [5.41, 5.74) is 6.24. The van der Waals surface area contributed by atoms with Gasteiger partial charge >= 0.3 is 156 Å². The zero-order chi connectivity index (χ0) is 22.2. The Bertz CT molecular complexity index is 1300. The molecule has 0 saturated heterocycles. The van der Waals surface area contributed by atoms with E-state index in [0.29, 0.717) is 31.1 Å². The molecule has 1 aromatic carbocycles. The summed E-state index contributed by atoms with van der Waals surface area (Å²) in [5, 5.41) is 12.8. The summed E-state index contributed by atoms with van der Waals surface area (Å²) in [7, 11) is 0. The van der Waals surface area contributed by atoms with Crippen LogP contribution in [0.5, 0.6) is 0 Å². The SMILES string of the molecule is C[I-]OC(=O)c1ccc(-c2ccc(N)[n+](C(=N)C(F)(F)c3ccc4occc4c3)n2)s1. The van der Waals surface area contributed by atoms with Gasteiger partial charge in [0.1, 0.15) is 5.58 Å². The topological polar surface area (TPSA) is 106 Å². The van der Waals surface area contributed by atoms with Crippen LogP contribution < -0.4 is 32.0 Å². The van der Waals surface area contributed by atoms with Crippen molar-refractivity contribution in [1.29, 1.82) is 5.41 Å². The monoisotopic (exact) mass is 556 g/mol. The second kappa shape index (κ2) is 8.30. The van der Waals surface area contributed by atoms with E-state index < -0.39 is 39.3 Å². The summed E-state index contributed by atoms with van der Waals surface area (Å²) >= 11 is 0.461. The molecule has 0 aliphatic carbocycles.